The maximum Gasteiger partial charge on any atom is 0.273 e. The summed E-state index contributed by atoms with van der Waals surface area (Å²) in [5.74, 6) is 0. The van der Waals surface area contributed by atoms with Crippen molar-refractivity contribution in [1.82, 2.24) is 0 Å². The summed E-state index contributed by atoms with van der Waals surface area (Å²) in [5.41, 5.74) is 1.76. The lowest BCUT2D eigenvalue weighted by atomic mass is 10.2. The van der Waals surface area contributed by atoms with Gasteiger partial charge in [0.25, 0.3) is 5.69 Å². The van der Waals surface area contributed by atoms with Gasteiger partial charge in [0.15, 0.2) is 0 Å². The molecule has 6 heteroatoms. The van der Waals surface area contributed by atoms with Gasteiger partial charge in [-0.25, -0.2) is 0 Å². The molecule has 0 aromatic heterocycles. The molecule has 0 radical (unpaired) electrons. The van der Waals surface area contributed by atoms with Crippen molar-refractivity contribution in [1.29, 1.82) is 0 Å². The lowest BCUT2D eigenvalue weighted by molar-refractivity contribution is -0.384. The van der Waals surface area contributed by atoms with Gasteiger partial charge in [-0.1, -0.05) is 0 Å². The van der Waals surface area contributed by atoms with Crippen LogP contribution in [0.3, 0.4) is 0 Å². The molecule has 1 aliphatic rings. The molecule has 0 heterocycles. The Morgan fingerprint density at radius 2 is 2.10 bits per heavy atom. The zero-order valence-corrected chi connectivity index (χ0v) is 12.7. The van der Waals surface area contributed by atoms with Crippen molar-refractivity contribution in [3.8, 4) is 0 Å². The largest absolute Gasteiger partial charge is 0.385 e. The third-order valence-corrected chi connectivity index (χ3v) is 4.69. The first kappa shape index (κ1) is 15.0. The molecule has 110 valence electrons. The van der Waals surface area contributed by atoms with Gasteiger partial charge in [0, 0.05) is 41.3 Å². The number of hydrogen-bond donors (Lipinski definition) is 2. The fourth-order valence-corrected chi connectivity index (χ4v) is 3.42. The smallest absolute Gasteiger partial charge is 0.273 e. The lowest BCUT2D eigenvalue weighted by Gasteiger charge is -2.15. The molecule has 1 aromatic carbocycles. The maximum absolute atomic E-state index is 11.0. The van der Waals surface area contributed by atoms with Gasteiger partial charge in [0.05, 0.1) is 4.92 Å². The fourth-order valence-electron chi connectivity index (χ4n) is 2.63. The average molecular weight is 295 g/mol. The second kappa shape index (κ2) is 6.83. The van der Waals surface area contributed by atoms with Crippen molar-refractivity contribution in [2.75, 3.05) is 23.4 Å². The highest BCUT2D eigenvalue weighted by atomic mass is 32.2. The topological polar surface area (TPSA) is 67.2 Å². The van der Waals surface area contributed by atoms with E-state index in [1.165, 1.54) is 6.42 Å². The number of nitro benzene ring substituents is 1. The van der Waals surface area contributed by atoms with Crippen LogP contribution >= 0.6 is 11.8 Å². The first-order valence-corrected chi connectivity index (χ1v) is 8.23. The molecule has 2 unspecified atom stereocenters. The molecule has 1 aliphatic carbocycles. The summed E-state index contributed by atoms with van der Waals surface area (Å²) < 4.78 is 0. The normalized spacial score (nSPS) is 21.7. The van der Waals surface area contributed by atoms with Crippen LogP contribution in [0.15, 0.2) is 18.2 Å². The van der Waals surface area contributed by atoms with E-state index in [-0.39, 0.29) is 10.6 Å². The first-order valence-electron chi connectivity index (χ1n) is 6.95. The van der Waals surface area contributed by atoms with Gasteiger partial charge in [-0.2, -0.15) is 11.8 Å². The maximum atomic E-state index is 11.0. The number of nitrogens with one attached hydrogen (secondary N) is 2. The lowest BCUT2D eigenvalue weighted by Crippen LogP contribution is -2.16. The molecule has 0 bridgehead atoms. The van der Waals surface area contributed by atoms with Gasteiger partial charge in [0.2, 0.25) is 0 Å². The van der Waals surface area contributed by atoms with Crippen LogP contribution in [-0.4, -0.2) is 29.0 Å². The van der Waals surface area contributed by atoms with Crippen molar-refractivity contribution >= 4 is 28.8 Å². The number of anilines is 2. The van der Waals surface area contributed by atoms with E-state index in [2.05, 4.69) is 16.9 Å². The fraction of sp³-hybridized carbons (Fsp3) is 0.571. The van der Waals surface area contributed by atoms with Gasteiger partial charge < -0.3 is 10.6 Å². The van der Waals surface area contributed by atoms with E-state index in [4.69, 9.17) is 0 Å². The number of thioether (sulfide) groups is 1. The molecule has 5 nitrogen and oxygen atoms in total. The Hall–Kier alpha value is -1.43. The third kappa shape index (κ3) is 3.79. The minimum absolute atomic E-state index is 0.130. The number of benzene rings is 1. The summed E-state index contributed by atoms with van der Waals surface area (Å²) in [6, 6.07) is 5.56. The SMILES string of the molecule is CCNc1cc(NC2CCC(SC)C2)cc([N+](=O)[O-])c1. The summed E-state index contributed by atoms with van der Waals surface area (Å²) in [6.07, 6.45) is 5.61. The standard InChI is InChI=1S/C14H21N3O2S/c1-3-15-11-6-12(8-13(7-11)17(18)19)16-10-4-5-14(9-10)20-2/h6-8,10,14-16H,3-5,9H2,1-2H3. The van der Waals surface area contributed by atoms with Gasteiger partial charge in [-0.05, 0) is 38.5 Å². The molecule has 1 fully saturated rings. The zero-order valence-electron chi connectivity index (χ0n) is 11.9. The molecule has 0 spiro atoms. The minimum atomic E-state index is -0.342. The Balaban J connectivity index is 2.12. The number of hydrogen-bond acceptors (Lipinski definition) is 5. The van der Waals surface area contributed by atoms with Crippen molar-refractivity contribution in [2.45, 2.75) is 37.5 Å². The van der Waals surface area contributed by atoms with Crippen LogP contribution in [0.2, 0.25) is 0 Å². The van der Waals surface area contributed by atoms with Gasteiger partial charge >= 0.3 is 0 Å². The summed E-state index contributed by atoms with van der Waals surface area (Å²) in [4.78, 5) is 10.6. The number of nitro groups is 1. The van der Waals surface area contributed by atoms with E-state index in [1.54, 1.807) is 12.1 Å². The Morgan fingerprint density at radius 3 is 2.70 bits per heavy atom. The monoisotopic (exact) mass is 295 g/mol. The average Bonchev–Trinajstić information content (AvgIpc) is 2.86. The van der Waals surface area contributed by atoms with Crippen molar-refractivity contribution in [3.05, 3.63) is 28.3 Å². The van der Waals surface area contributed by atoms with E-state index in [9.17, 15) is 10.1 Å². The Labute approximate surface area is 123 Å². The molecule has 1 aromatic rings. The molecule has 0 amide bonds. The summed E-state index contributed by atoms with van der Waals surface area (Å²) >= 11 is 1.91. The predicted octanol–water partition coefficient (Wildman–Crippen LogP) is 3.72. The molecule has 0 saturated heterocycles. The first-order chi connectivity index (χ1) is 9.62. The van der Waals surface area contributed by atoms with Crippen LogP contribution in [0.25, 0.3) is 0 Å². The molecule has 1 saturated carbocycles. The van der Waals surface area contributed by atoms with Crippen LogP contribution in [0.4, 0.5) is 17.1 Å². The predicted molar refractivity (Wildman–Crippen MR) is 85.8 cm³/mol. The van der Waals surface area contributed by atoms with Crippen molar-refractivity contribution in [3.63, 3.8) is 0 Å². The van der Waals surface area contributed by atoms with E-state index in [0.717, 1.165) is 30.8 Å². The summed E-state index contributed by atoms with van der Waals surface area (Å²) in [5, 5.41) is 18.3. The molecular formula is C14H21N3O2S. The molecule has 2 N–H and O–H groups in total. The van der Waals surface area contributed by atoms with Crippen LogP contribution in [0.5, 0.6) is 0 Å². The van der Waals surface area contributed by atoms with E-state index < -0.39 is 0 Å². The Morgan fingerprint density at radius 1 is 1.35 bits per heavy atom. The molecule has 20 heavy (non-hydrogen) atoms. The molecular weight excluding hydrogens is 274 g/mol. The van der Waals surface area contributed by atoms with Gasteiger partial charge in [-0.15, -0.1) is 0 Å². The quantitative estimate of drug-likeness (QED) is 0.618. The Bertz CT molecular complexity index is 481. The number of nitrogens with zero attached hydrogens (tertiary/aromatic N) is 1. The molecule has 2 rings (SSSR count). The summed E-state index contributed by atoms with van der Waals surface area (Å²) in [6.45, 7) is 2.73. The van der Waals surface area contributed by atoms with Crippen molar-refractivity contribution < 1.29 is 4.92 Å². The zero-order chi connectivity index (χ0) is 14.5. The van der Waals surface area contributed by atoms with E-state index in [1.807, 2.05) is 24.8 Å². The van der Waals surface area contributed by atoms with Gasteiger partial charge in [0.1, 0.15) is 0 Å². The highest BCUT2D eigenvalue weighted by Crippen LogP contribution is 2.32. The van der Waals surface area contributed by atoms with Crippen LogP contribution in [0.1, 0.15) is 26.2 Å². The minimum Gasteiger partial charge on any atom is -0.385 e. The molecule has 0 aliphatic heterocycles. The third-order valence-electron chi connectivity index (χ3n) is 3.60. The molecule has 2 atom stereocenters. The van der Waals surface area contributed by atoms with Crippen LogP contribution in [0, 0.1) is 10.1 Å². The number of non-ortho nitro benzene ring substituents is 1. The van der Waals surface area contributed by atoms with Crippen LogP contribution in [-0.2, 0) is 0 Å². The van der Waals surface area contributed by atoms with E-state index in [0.29, 0.717) is 11.3 Å². The number of rotatable bonds is 6. The Kier molecular flexibility index (Phi) is 5.11. The van der Waals surface area contributed by atoms with E-state index >= 15 is 0 Å². The van der Waals surface area contributed by atoms with Crippen LogP contribution < -0.4 is 10.6 Å². The van der Waals surface area contributed by atoms with Crippen molar-refractivity contribution in [2.24, 2.45) is 0 Å². The second-order valence-corrected chi connectivity index (χ2v) is 6.21. The van der Waals surface area contributed by atoms with Gasteiger partial charge in [-0.3, -0.25) is 10.1 Å². The summed E-state index contributed by atoms with van der Waals surface area (Å²) in [7, 11) is 0. The highest BCUT2D eigenvalue weighted by Gasteiger charge is 2.24. The second-order valence-electron chi connectivity index (χ2n) is 5.07. The highest BCUT2D eigenvalue weighted by molar-refractivity contribution is 7.99.